The van der Waals surface area contributed by atoms with Crippen molar-refractivity contribution >= 4 is 27.5 Å². The van der Waals surface area contributed by atoms with Crippen molar-refractivity contribution in [3.8, 4) is 5.75 Å². The van der Waals surface area contributed by atoms with Crippen molar-refractivity contribution in [3.05, 3.63) is 65.9 Å². The van der Waals surface area contributed by atoms with Gasteiger partial charge in [-0.05, 0) is 43.3 Å². The first-order valence-corrected chi connectivity index (χ1v) is 12.2. The summed E-state index contributed by atoms with van der Waals surface area (Å²) in [6.07, 6.45) is 0. The predicted molar refractivity (Wildman–Crippen MR) is 132 cm³/mol. The minimum absolute atomic E-state index is 0.179. The Bertz CT molecular complexity index is 1170. The Kier molecular flexibility index (Phi) is 7.55. The summed E-state index contributed by atoms with van der Waals surface area (Å²) in [4.78, 5) is 9.35. The van der Waals surface area contributed by atoms with Crippen LogP contribution in [0.3, 0.4) is 0 Å². The molecular weight excluding hydrogens is 438 g/mol. The van der Waals surface area contributed by atoms with Crippen molar-refractivity contribution in [2.75, 3.05) is 30.8 Å². The lowest BCUT2D eigenvalue weighted by atomic mass is 9.92. The van der Waals surface area contributed by atoms with E-state index in [-0.39, 0.29) is 16.9 Å². The molecular formula is C24H31N5O3S. The number of hydrogen-bond donors (Lipinski definition) is 3. The Hall–Kier alpha value is -3.17. The Morgan fingerprint density at radius 2 is 1.61 bits per heavy atom. The molecule has 0 aliphatic carbocycles. The lowest BCUT2D eigenvalue weighted by Gasteiger charge is -2.20. The van der Waals surface area contributed by atoms with Crippen molar-refractivity contribution in [1.29, 1.82) is 0 Å². The van der Waals surface area contributed by atoms with Crippen LogP contribution in [0.15, 0.2) is 59.5 Å². The smallest absolute Gasteiger partial charge is 0.240 e. The third kappa shape index (κ3) is 6.90. The minimum atomic E-state index is -3.62. The highest BCUT2D eigenvalue weighted by Gasteiger charge is 2.18. The van der Waals surface area contributed by atoms with Gasteiger partial charge in [0.05, 0.1) is 17.7 Å². The number of rotatable bonds is 9. The quantitative estimate of drug-likeness (QED) is 0.403. The van der Waals surface area contributed by atoms with Gasteiger partial charge in [0.15, 0.2) is 0 Å². The molecule has 0 radical (unpaired) electrons. The van der Waals surface area contributed by atoms with Gasteiger partial charge in [-0.3, -0.25) is 0 Å². The van der Waals surface area contributed by atoms with E-state index in [0.29, 0.717) is 24.1 Å². The average Bonchev–Trinajstić information content (AvgIpc) is 2.78. The molecule has 1 heterocycles. The Morgan fingerprint density at radius 1 is 0.939 bits per heavy atom. The number of anilines is 3. The van der Waals surface area contributed by atoms with Gasteiger partial charge in [-0.25, -0.2) is 18.1 Å². The zero-order valence-corrected chi connectivity index (χ0v) is 20.5. The second-order valence-corrected chi connectivity index (χ2v) is 10.5. The van der Waals surface area contributed by atoms with Crippen LogP contribution in [0, 0.1) is 6.92 Å². The van der Waals surface area contributed by atoms with Gasteiger partial charge >= 0.3 is 0 Å². The van der Waals surface area contributed by atoms with Crippen molar-refractivity contribution < 1.29 is 13.2 Å². The molecule has 0 amide bonds. The summed E-state index contributed by atoms with van der Waals surface area (Å²) < 4.78 is 32.6. The lowest BCUT2D eigenvalue weighted by molar-refractivity contribution is 0.414. The second kappa shape index (κ2) is 10.2. The highest BCUT2D eigenvalue weighted by atomic mass is 32.2. The number of aryl methyl sites for hydroxylation is 1. The summed E-state index contributed by atoms with van der Waals surface area (Å²) in [6, 6.07) is 16.2. The van der Waals surface area contributed by atoms with Crippen LogP contribution in [0.5, 0.6) is 5.75 Å². The first-order valence-electron chi connectivity index (χ1n) is 10.7. The molecule has 8 nitrogen and oxygen atoms in total. The number of ether oxygens (including phenoxy) is 1. The van der Waals surface area contributed by atoms with E-state index in [1.165, 1.54) is 24.8 Å². The second-order valence-electron chi connectivity index (χ2n) is 8.70. The van der Waals surface area contributed by atoms with Gasteiger partial charge in [0.2, 0.25) is 16.0 Å². The van der Waals surface area contributed by atoms with E-state index in [4.69, 9.17) is 4.74 Å². The number of benzene rings is 2. The third-order valence-electron chi connectivity index (χ3n) is 4.89. The number of nitrogens with one attached hydrogen (secondary N) is 3. The van der Waals surface area contributed by atoms with E-state index < -0.39 is 10.0 Å². The van der Waals surface area contributed by atoms with Gasteiger partial charge in [-0.15, -0.1) is 0 Å². The average molecular weight is 470 g/mol. The number of sulfonamides is 1. The monoisotopic (exact) mass is 469 g/mol. The summed E-state index contributed by atoms with van der Waals surface area (Å²) >= 11 is 0. The van der Waals surface area contributed by atoms with Crippen LogP contribution in [-0.4, -0.2) is 38.6 Å². The molecule has 176 valence electrons. The zero-order chi connectivity index (χ0) is 24.1. The lowest BCUT2D eigenvalue weighted by Crippen LogP contribution is -2.29. The van der Waals surface area contributed by atoms with Crippen LogP contribution >= 0.6 is 0 Å². The van der Waals surface area contributed by atoms with Crippen LogP contribution in [0.25, 0.3) is 0 Å². The molecule has 0 aliphatic rings. The fraction of sp³-hybridized carbons (Fsp3) is 0.333. The molecule has 0 spiro atoms. The number of nitrogens with zero attached hydrogens (tertiary/aromatic N) is 2. The molecule has 0 fully saturated rings. The van der Waals surface area contributed by atoms with Gasteiger partial charge in [-0.1, -0.05) is 38.5 Å². The molecule has 33 heavy (non-hydrogen) atoms. The topological polar surface area (TPSA) is 105 Å². The highest BCUT2D eigenvalue weighted by Crippen LogP contribution is 2.25. The molecule has 2 aromatic carbocycles. The van der Waals surface area contributed by atoms with Crippen molar-refractivity contribution in [1.82, 2.24) is 14.7 Å². The maximum atomic E-state index is 12.5. The van der Waals surface area contributed by atoms with Gasteiger partial charge in [0, 0.05) is 30.3 Å². The minimum Gasteiger partial charge on any atom is -0.497 e. The molecule has 0 saturated heterocycles. The zero-order valence-electron chi connectivity index (χ0n) is 19.6. The normalized spacial score (nSPS) is 11.8. The fourth-order valence-electron chi connectivity index (χ4n) is 2.96. The van der Waals surface area contributed by atoms with Crippen molar-refractivity contribution in [2.45, 2.75) is 38.0 Å². The largest absolute Gasteiger partial charge is 0.497 e. The summed E-state index contributed by atoms with van der Waals surface area (Å²) in [6.45, 7) is 8.79. The third-order valence-corrected chi connectivity index (χ3v) is 6.37. The van der Waals surface area contributed by atoms with Gasteiger partial charge < -0.3 is 15.4 Å². The number of hydrogen-bond acceptors (Lipinski definition) is 7. The van der Waals surface area contributed by atoms with Crippen LogP contribution in [0.4, 0.5) is 17.5 Å². The molecule has 0 saturated carbocycles. The van der Waals surface area contributed by atoms with Crippen LogP contribution in [0.1, 0.15) is 32.0 Å². The Balaban J connectivity index is 1.67. The van der Waals surface area contributed by atoms with Crippen molar-refractivity contribution in [3.63, 3.8) is 0 Å². The van der Waals surface area contributed by atoms with Crippen LogP contribution < -0.4 is 20.1 Å². The van der Waals surface area contributed by atoms with Crippen molar-refractivity contribution in [2.24, 2.45) is 0 Å². The molecule has 9 heteroatoms. The van der Waals surface area contributed by atoms with E-state index in [2.05, 4.69) is 46.1 Å². The summed E-state index contributed by atoms with van der Waals surface area (Å²) in [5, 5.41) is 6.44. The standard InChI is InChI=1S/C24H31N5O3S/c1-17-6-8-18(9-7-17)27-22-16-21(24(2,3)4)28-23(29-22)25-14-15-26-33(30,31)20-12-10-19(32-5)11-13-20/h6-13,16,26H,14-15H2,1-5H3,(H2,25,27,28,29). The van der Waals surface area contributed by atoms with Crippen LogP contribution in [0.2, 0.25) is 0 Å². The molecule has 0 bridgehead atoms. The Labute approximate surface area is 195 Å². The van der Waals surface area contributed by atoms with E-state index in [1.54, 1.807) is 12.1 Å². The first-order chi connectivity index (χ1) is 15.6. The molecule has 3 rings (SSSR count). The number of aromatic nitrogens is 2. The summed E-state index contributed by atoms with van der Waals surface area (Å²) in [5.74, 6) is 1.70. The maximum absolute atomic E-state index is 12.5. The molecule has 1 aromatic heterocycles. The first kappa shape index (κ1) is 24.5. The summed E-state index contributed by atoms with van der Waals surface area (Å²) in [7, 11) is -2.09. The number of methoxy groups -OCH3 is 1. The van der Waals surface area contributed by atoms with Crippen LogP contribution in [-0.2, 0) is 15.4 Å². The molecule has 3 N–H and O–H groups in total. The van der Waals surface area contributed by atoms with E-state index in [9.17, 15) is 8.42 Å². The predicted octanol–water partition coefficient (Wildman–Crippen LogP) is 4.23. The molecule has 3 aromatic rings. The van der Waals surface area contributed by atoms with Gasteiger partial charge in [-0.2, -0.15) is 4.98 Å². The maximum Gasteiger partial charge on any atom is 0.240 e. The molecule has 0 atom stereocenters. The fourth-order valence-corrected chi connectivity index (χ4v) is 3.99. The van der Waals surface area contributed by atoms with Gasteiger partial charge in [0.1, 0.15) is 11.6 Å². The van der Waals surface area contributed by atoms with Gasteiger partial charge in [0.25, 0.3) is 0 Å². The molecule has 0 unspecified atom stereocenters. The van der Waals surface area contributed by atoms with E-state index >= 15 is 0 Å². The Morgan fingerprint density at radius 3 is 2.21 bits per heavy atom. The summed E-state index contributed by atoms with van der Waals surface area (Å²) in [5.41, 5.74) is 2.79. The van der Waals surface area contributed by atoms with E-state index in [0.717, 1.165) is 11.4 Å². The SMILES string of the molecule is COc1ccc(S(=O)(=O)NCCNc2nc(Nc3ccc(C)cc3)cc(C(C)(C)C)n2)cc1. The molecule has 0 aliphatic heterocycles. The van der Waals surface area contributed by atoms with E-state index in [1.807, 2.05) is 37.3 Å². The highest BCUT2D eigenvalue weighted by molar-refractivity contribution is 7.89.